The van der Waals surface area contributed by atoms with Crippen LogP contribution in [0.15, 0.2) is 42.5 Å². The second kappa shape index (κ2) is 9.46. The summed E-state index contributed by atoms with van der Waals surface area (Å²) in [6.07, 6.45) is 2.85. The number of nitrogens with two attached hydrogens (primary N) is 1. The molecule has 1 atom stereocenters. The van der Waals surface area contributed by atoms with Gasteiger partial charge in [0.1, 0.15) is 0 Å². The molecule has 1 unspecified atom stereocenters. The number of aryl methyl sites for hydroxylation is 1. The van der Waals surface area contributed by atoms with Gasteiger partial charge in [-0.1, -0.05) is 18.2 Å². The lowest BCUT2D eigenvalue weighted by Gasteiger charge is -2.27. The number of nitrogens with one attached hydrogen (secondary N) is 3. The summed E-state index contributed by atoms with van der Waals surface area (Å²) in [5.74, 6) is -0.204. The van der Waals surface area contributed by atoms with Crippen molar-refractivity contribution in [3.8, 4) is 0 Å². The Hall–Kier alpha value is -2.73. The molecule has 0 aliphatic heterocycles. The van der Waals surface area contributed by atoms with Crippen molar-refractivity contribution in [2.45, 2.75) is 45.2 Å². The third-order valence-corrected chi connectivity index (χ3v) is 4.63. The Bertz CT molecular complexity index is 854. The van der Waals surface area contributed by atoms with Crippen molar-refractivity contribution in [2.75, 3.05) is 11.1 Å². The quantitative estimate of drug-likeness (QED) is 0.581. The van der Waals surface area contributed by atoms with Gasteiger partial charge in [0.05, 0.1) is 17.3 Å². The summed E-state index contributed by atoms with van der Waals surface area (Å²) in [5, 5.41) is 8.64. The molecule has 0 bridgehead atoms. The molecule has 2 aromatic carbocycles. The lowest BCUT2D eigenvalue weighted by molar-refractivity contribution is 0.0933. The molecule has 0 radical (unpaired) electrons. The maximum absolute atomic E-state index is 12.9. The van der Waals surface area contributed by atoms with Crippen molar-refractivity contribution in [3.05, 3.63) is 59.2 Å². The van der Waals surface area contributed by atoms with Gasteiger partial charge in [0, 0.05) is 11.7 Å². The number of hydrogen-bond donors (Lipinski definition) is 4. The molecular weight excluding hydrogens is 376 g/mol. The molecule has 0 saturated carbocycles. The van der Waals surface area contributed by atoms with E-state index >= 15 is 0 Å². The van der Waals surface area contributed by atoms with E-state index in [1.807, 2.05) is 32.0 Å². The molecule has 1 aliphatic carbocycles. The molecule has 5 N–H and O–H groups in total. The fourth-order valence-corrected chi connectivity index (χ4v) is 3.43. The highest BCUT2D eigenvalue weighted by Gasteiger charge is 2.23. The molecular formula is C21H27ClN4O2. The van der Waals surface area contributed by atoms with Crippen LogP contribution < -0.4 is 21.7 Å². The first-order chi connectivity index (χ1) is 12.9. The molecule has 2 aromatic rings. The van der Waals surface area contributed by atoms with Crippen LogP contribution in [0.25, 0.3) is 0 Å². The number of halogens is 1. The topological polar surface area (TPSA) is 96.2 Å². The summed E-state index contributed by atoms with van der Waals surface area (Å²) in [6, 6.07) is 12.5. The summed E-state index contributed by atoms with van der Waals surface area (Å²) in [4.78, 5) is 24.9. The van der Waals surface area contributed by atoms with Gasteiger partial charge in [-0.15, -0.1) is 12.4 Å². The third kappa shape index (κ3) is 5.16. The number of hydrogen-bond acceptors (Lipinski definition) is 3. The lowest BCUT2D eigenvalue weighted by Crippen LogP contribution is -2.35. The molecule has 28 heavy (non-hydrogen) atoms. The van der Waals surface area contributed by atoms with Crippen molar-refractivity contribution in [2.24, 2.45) is 0 Å². The van der Waals surface area contributed by atoms with Gasteiger partial charge in [-0.25, -0.2) is 4.79 Å². The van der Waals surface area contributed by atoms with Crippen LogP contribution in [0.5, 0.6) is 0 Å². The van der Waals surface area contributed by atoms with Gasteiger partial charge in [-0.2, -0.15) is 0 Å². The summed E-state index contributed by atoms with van der Waals surface area (Å²) >= 11 is 0. The number of para-hydroxylation sites is 1. The van der Waals surface area contributed by atoms with Gasteiger partial charge in [0.15, 0.2) is 0 Å². The minimum atomic E-state index is -0.330. The van der Waals surface area contributed by atoms with Crippen LogP contribution in [-0.4, -0.2) is 18.0 Å². The van der Waals surface area contributed by atoms with Gasteiger partial charge in [0.25, 0.3) is 5.91 Å². The fourth-order valence-electron chi connectivity index (χ4n) is 3.43. The largest absolute Gasteiger partial charge is 0.399 e. The van der Waals surface area contributed by atoms with Crippen LogP contribution >= 0.6 is 12.4 Å². The summed E-state index contributed by atoms with van der Waals surface area (Å²) < 4.78 is 0. The number of amides is 3. The number of urea groups is 1. The smallest absolute Gasteiger partial charge is 0.319 e. The first-order valence-corrected chi connectivity index (χ1v) is 9.29. The molecule has 0 aromatic heterocycles. The molecule has 0 spiro atoms. The van der Waals surface area contributed by atoms with Crippen LogP contribution in [-0.2, 0) is 6.42 Å². The van der Waals surface area contributed by atoms with Gasteiger partial charge in [-0.3, -0.25) is 4.79 Å². The highest BCUT2D eigenvalue weighted by molar-refractivity contribution is 6.03. The van der Waals surface area contributed by atoms with Crippen LogP contribution in [0.2, 0.25) is 0 Å². The van der Waals surface area contributed by atoms with E-state index in [-0.39, 0.29) is 36.4 Å². The summed E-state index contributed by atoms with van der Waals surface area (Å²) in [6.45, 7) is 3.76. The summed E-state index contributed by atoms with van der Waals surface area (Å²) in [5.41, 5.74) is 9.87. The second-order valence-corrected chi connectivity index (χ2v) is 7.18. The van der Waals surface area contributed by atoms with Crippen LogP contribution in [0.4, 0.5) is 16.2 Å². The van der Waals surface area contributed by atoms with Gasteiger partial charge >= 0.3 is 6.03 Å². The molecule has 1 aliphatic rings. The Balaban J connectivity index is 0.00000280. The Kier molecular flexibility index (Phi) is 7.29. The highest BCUT2D eigenvalue weighted by Crippen LogP contribution is 2.31. The molecule has 0 fully saturated rings. The van der Waals surface area contributed by atoms with Crippen molar-refractivity contribution in [1.82, 2.24) is 10.6 Å². The molecule has 150 valence electrons. The number of nitrogen functional groups attached to an aromatic ring is 1. The molecule has 7 heteroatoms. The fraction of sp³-hybridized carbons (Fsp3) is 0.333. The third-order valence-electron chi connectivity index (χ3n) is 4.63. The maximum Gasteiger partial charge on any atom is 0.319 e. The van der Waals surface area contributed by atoms with Crippen molar-refractivity contribution < 1.29 is 9.59 Å². The zero-order valence-electron chi connectivity index (χ0n) is 16.1. The maximum atomic E-state index is 12.9. The normalized spacial score (nSPS) is 15.2. The standard InChI is InChI=1S/C21H26N4O2.ClH/c1-13(2)23-21(27)25-19-8-4-3-7-17(19)20(26)24-18-9-5-6-14-12-15(22)10-11-16(14)18;/h3-4,7-8,10-13,18H,5-6,9,22H2,1-2H3,(H,24,26)(H2,23,25,27);1H. The van der Waals surface area contributed by atoms with Crippen molar-refractivity contribution >= 4 is 35.7 Å². The minimum Gasteiger partial charge on any atom is -0.399 e. The number of carbonyl (C=O) groups is 2. The Morgan fingerprint density at radius 1 is 1.14 bits per heavy atom. The van der Waals surface area contributed by atoms with E-state index in [2.05, 4.69) is 16.0 Å². The van der Waals surface area contributed by atoms with E-state index in [0.717, 1.165) is 30.5 Å². The zero-order valence-corrected chi connectivity index (χ0v) is 16.9. The number of benzene rings is 2. The molecule has 3 amide bonds. The number of anilines is 2. The summed E-state index contributed by atoms with van der Waals surface area (Å²) in [7, 11) is 0. The molecule has 3 rings (SSSR count). The van der Waals surface area contributed by atoms with Crippen LogP contribution in [0, 0.1) is 0 Å². The number of carbonyl (C=O) groups excluding carboxylic acids is 2. The van der Waals surface area contributed by atoms with E-state index in [1.54, 1.807) is 24.3 Å². The minimum absolute atomic E-state index is 0. The Labute approximate surface area is 171 Å². The lowest BCUT2D eigenvalue weighted by atomic mass is 9.87. The first-order valence-electron chi connectivity index (χ1n) is 9.29. The van der Waals surface area contributed by atoms with Gasteiger partial charge in [0.2, 0.25) is 0 Å². The van der Waals surface area contributed by atoms with Crippen molar-refractivity contribution in [1.29, 1.82) is 0 Å². The van der Waals surface area contributed by atoms with Crippen LogP contribution in [0.1, 0.15) is 54.2 Å². The number of fused-ring (bicyclic) bond motifs is 1. The van der Waals surface area contributed by atoms with E-state index in [0.29, 0.717) is 11.3 Å². The Morgan fingerprint density at radius 3 is 2.64 bits per heavy atom. The van der Waals surface area contributed by atoms with Gasteiger partial charge < -0.3 is 21.7 Å². The van der Waals surface area contributed by atoms with Gasteiger partial charge in [-0.05, 0) is 68.5 Å². The molecule has 6 nitrogen and oxygen atoms in total. The first kappa shape index (κ1) is 21.6. The SMILES string of the molecule is CC(C)NC(=O)Nc1ccccc1C(=O)NC1CCCc2cc(N)ccc21.Cl. The van der Waals surface area contributed by atoms with E-state index in [9.17, 15) is 9.59 Å². The van der Waals surface area contributed by atoms with E-state index < -0.39 is 0 Å². The average molecular weight is 403 g/mol. The Morgan fingerprint density at radius 2 is 1.89 bits per heavy atom. The average Bonchev–Trinajstić information content (AvgIpc) is 2.61. The monoisotopic (exact) mass is 402 g/mol. The number of rotatable bonds is 4. The predicted molar refractivity (Wildman–Crippen MR) is 115 cm³/mol. The molecule has 0 heterocycles. The molecule has 0 saturated heterocycles. The second-order valence-electron chi connectivity index (χ2n) is 7.18. The van der Waals surface area contributed by atoms with Crippen molar-refractivity contribution in [3.63, 3.8) is 0 Å². The van der Waals surface area contributed by atoms with Crippen LogP contribution in [0.3, 0.4) is 0 Å². The van der Waals surface area contributed by atoms with E-state index in [1.165, 1.54) is 5.56 Å². The zero-order chi connectivity index (χ0) is 19.4. The highest BCUT2D eigenvalue weighted by atomic mass is 35.5. The predicted octanol–water partition coefficient (Wildman–Crippen LogP) is 4.03. The van der Waals surface area contributed by atoms with E-state index in [4.69, 9.17) is 5.73 Å².